The van der Waals surface area contributed by atoms with Crippen LogP contribution in [-0.2, 0) is 11.2 Å². The first kappa shape index (κ1) is 14.6. The van der Waals surface area contributed by atoms with Crippen LogP contribution in [-0.4, -0.2) is 5.91 Å². The average molecular weight is 294 g/mol. The van der Waals surface area contributed by atoms with E-state index < -0.39 is 5.41 Å². The minimum absolute atomic E-state index is 0.00391. The lowest BCUT2D eigenvalue weighted by molar-refractivity contribution is -0.125. The summed E-state index contributed by atoms with van der Waals surface area (Å²) in [6.45, 7) is 6.06. The summed E-state index contributed by atoms with van der Waals surface area (Å²) < 4.78 is 0. The maximum Gasteiger partial charge on any atom is 0.249 e. The molecule has 0 spiro atoms. The number of amides is 1. The summed E-state index contributed by atoms with van der Waals surface area (Å²) in [6, 6.07) is 13.0. The number of hydrogen-bond acceptors (Lipinski definition) is 2. The first-order valence-electron chi connectivity index (χ1n) is 7.82. The van der Waals surface area contributed by atoms with Gasteiger partial charge in [0.1, 0.15) is 0 Å². The van der Waals surface area contributed by atoms with Gasteiger partial charge < -0.3 is 5.43 Å². The van der Waals surface area contributed by atoms with Crippen LogP contribution in [0.15, 0.2) is 42.1 Å². The molecule has 3 rings (SSSR count). The van der Waals surface area contributed by atoms with Crippen molar-refractivity contribution in [2.24, 2.45) is 5.41 Å². The molecule has 2 aromatic rings. The van der Waals surface area contributed by atoms with Crippen molar-refractivity contribution in [2.45, 2.75) is 33.6 Å². The molecule has 0 aromatic heterocycles. The molecule has 0 saturated carbocycles. The number of fused-ring (bicyclic) bond motifs is 1. The smallest absolute Gasteiger partial charge is 0.249 e. The van der Waals surface area contributed by atoms with Crippen molar-refractivity contribution >= 4 is 22.8 Å². The maximum absolute atomic E-state index is 11.9. The van der Waals surface area contributed by atoms with Crippen molar-refractivity contribution in [3.8, 4) is 0 Å². The molecule has 0 atom stereocenters. The van der Waals surface area contributed by atoms with Crippen LogP contribution in [0.5, 0.6) is 0 Å². The summed E-state index contributed by atoms with van der Waals surface area (Å²) in [7, 11) is 0. The van der Waals surface area contributed by atoms with Crippen LogP contribution in [0, 0.1) is 5.41 Å². The largest absolute Gasteiger partial charge is 0.302 e. The molecule has 3 nitrogen and oxygen atoms in total. The minimum atomic E-state index is -0.523. The molecule has 0 aliphatic carbocycles. The Morgan fingerprint density at radius 1 is 1.14 bits per heavy atom. The number of carbonyl (C=O) groups excluding carboxylic acids is 1. The number of rotatable bonds is 3. The van der Waals surface area contributed by atoms with Crippen LogP contribution >= 0.6 is 0 Å². The van der Waals surface area contributed by atoms with E-state index in [0.717, 1.165) is 24.1 Å². The number of hydrazine groups is 1. The number of aryl methyl sites for hydroxylation is 1. The SMILES string of the molecule is CCCc1ccc2c(/C=C3\NNC(=O)C3(C)C)cccc2c1. The summed E-state index contributed by atoms with van der Waals surface area (Å²) >= 11 is 0. The third kappa shape index (κ3) is 2.47. The molecule has 0 radical (unpaired) electrons. The molecule has 1 fully saturated rings. The Hall–Kier alpha value is -2.29. The number of benzene rings is 2. The van der Waals surface area contributed by atoms with Crippen LogP contribution in [0.2, 0.25) is 0 Å². The van der Waals surface area contributed by atoms with Crippen molar-refractivity contribution in [1.29, 1.82) is 0 Å². The highest BCUT2D eigenvalue weighted by molar-refractivity contribution is 5.94. The molecule has 3 heteroatoms. The first-order chi connectivity index (χ1) is 10.5. The van der Waals surface area contributed by atoms with Crippen LogP contribution < -0.4 is 10.9 Å². The molecule has 0 unspecified atom stereocenters. The predicted octanol–water partition coefficient (Wildman–Crippen LogP) is 3.79. The Kier molecular flexibility index (Phi) is 3.65. The molecule has 2 aromatic carbocycles. The molecule has 114 valence electrons. The number of hydrogen-bond donors (Lipinski definition) is 2. The molecule has 1 aliphatic rings. The second kappa shape index (κ2) is 5.48. The molecule has 1 heterocycles. The van der Waals surface area contributed by atoms with Gasteiger partial charge in [0.15, 0.2) is 0 Å². The van der Waals surface area contributed by atoms with E-state index in [1.165, 1.54) is 16.3 Å². The zero-order chi connectivity index (χ0) is 15.7. The molecule has 0 bridgehead atoms. The second-order valence-corrected chi connectivity index (χ2v) is 6.41. The zero-order valence-electron chi connectivity index (χ0n) is 13.4. The van der Waals surface area contributed by atoms with Gasteiger partial charge in [0, 0.05) is 5.70 Å². The summed E-state index contributed by atoms with van der Waals surface area (Å²) in [5, 5.41) is 2.46. The van der Waals surface area contributed by atoms with E-state index in [4.69, 9.17) is 0 Å². The second-order valence-electron chi connectivity index (χ2n) is 6.41. The fourth-order valence-electron chi connectivity index (χ4n) is 2.86. The van der Waals surface area contributed by atoms with Crippen LogP contribution in [0.25, 0.3) is 16.8 Å². The quantitative estimate of drug-likeness (QED) is 0.904. The van der Waals surface area contributed by atoms with Gasteiger partial charge in [-0.05, 0) is 48.2 Å². The highest BCUT2D eigenvalue weighted by Crippen LogP contribution is 2.31. The minimum Gasteiger partial charge on any atom is -0.302 e. The van der Waals surface area contributed by atoms with E-state index in [1.54, 1.807) is 0 Å². The Labute approximate surface area is 131 Å². The third-order valence-electron chi connectivity index (χ3n) is 4.37. The fraction of sp³-hybridized carbons (Fsp3) is 0.316. The van der Waals surface area contributed by atoms with Gasteiger partial charge >= 0.3 is 0 Å². The standard InChI is InChI=1S/C19H22N2O/c1-4-6-13-9-10-16-14(11-13)7-5-8-15(16)12-17-19(2,3)18(22)21-20-17/h5,7-12,20H,4,6H2,1-3H3,(H,21,22)/b17-12-. The molecule has 1 amide bonds. The van der Waals surface area contributed by atoms with Gasteiger partial charge in [-0.25, -0.2) is 0 Å². The Morgan fingerprint density at radius 2 is 1.95 bits per heavy atom. The fourth-order valence-corrected chi connectivity index (χ4v) is 2.86. The van der Waals surface area contributed by atoms with E-state index in [0.29, 0.717) is 0 Å². The van der Waals surface area contributed by atoms with Crippen LogP contribution in [0.1, 0.15) is 38.3 Å². The van der Waals surface area contributed by atoms with Crippen molar-refractivity contribution < 1.29 is 4.79 Å². The van der Waals surface area contributed by atoms with Gasteiger partial charge in [0.05, 0.1) is 5.41 Å². The van der Waals surface area contributed by atoms with Gasteiger partial charge in [0.2, 0.25) is 5.91 Å². The lowest BCUT2D eigenvalue weighted by Gasteiger charge is -2.15. The molecular weight excluding hydrogens is 272 g/mol. The van der Waals surface area contributed by atoms with Gasteiger partial charge in [-0.1, -0.05) is 49.7 Å². The van der Waals surface area contributed by atoms with E-state index in [-0.39, 0.29) is 5.91 Å². The highest BCUT2D eigenvalue weighted by Gasteiger charge is 2.37. The van der Waals surface area contributed by atoms with Gasteiger partial charge in [-0.15, -0.1) is 0 Å². The summed E-state index contributed by atoms with van der Waals surface area (Å²) in [6.07, 6.45) is 4.33. The third-order valence-corrected chi connectivity index (χ3v) is 4.37. The van der Waals surface area contributed by atoms with Gasteiger partial charge in [0.25, 0.3) is 0 Å². The number of nitrogens with one attached hydrogen (secondary N) is 2. The highest BCUT2D eigenvalue weighted by atomic mass is 16.2. The van der Waals surface area contributed by atoms with Crippen molar-refractivity contribution in [3.05, 3.63) is 53.2 Å². The molecule has 1 aliphatic heterocycles. The average Bonchev–Trinajstić information content (AvgIpc) is 2.74. The number of carbonyl (C=O) groups is 1. The van der Waals surface area contributed by atoms with E-state index in [1.807, 2.05) is 13.8 Å². The van der Waals surface area contributed by atoms with Crippen molar-refractivity contribution in [1.82, 2.24) is 10.9 Å². The lowest BCUT2D eigenvalue weighted by atomic mass is 9.88. The van der Waals surface area contributed by atoms with E-state index >= 15 is 0 Å². The molecule has 1 saturated heterocycles. The molecule has 2 N–H and O–H groups in total. The van der Waals surface area contributed by atoms with Gasteiger partial charge in [-0.2, -0.15) is 0 Å². The summed E-state index contributed by atoms with van der Waals surface area (Å²) in [4.78, 5) is 11.9. The van der Waals surface area contributed by atoms with Gasteiger partial charge in [-0.3, -0.25) is 10.2 Å². The Balaban J connectivity index is 2.07. The summed E-state index contributed by atoms with van der Waals surface area (Å²) in [5.74, 6) is 0.00391. The molecular formula is C19H22N2O. The Bertz CT molecular complexity index is 759. The first-order valence-corrected chi connectivity index (χ1v) is 7.82. The Morgan fingerprint density at radius 3 is 2.64 bits per heavy atom. The van der Waals surface area contributed by atoms with Crippen LogP contribution in [0.3, 0.4) is 0 Å². The molecule has 22 heavy (non-hydrogen) atoms. The maximum atomic E-state index is 11.9. The monoisotopic (exact) mass is 294 g/mol. The topological polar surface area (TPSA) is 41.1 Å². The van der Waals surface area contributed by atoms with Crippen LogP contribution in [0.4, 0.5) is 0 Å². The van der Waals surface area contributed by atoms with E-state index in [2.05, 4.69) is 60.2 Å². The predicted molar refractivity (Wildman–Crippen MR) is 91.0 cm³/mol. The lowest BCUT2D eigenvalue weighted by Crippen LogP contribution is -2.28. The normalized spacial score (nSPS) is 18.5. The summed E-state index contributed by atoms with van der Waals surface area (Å²) in [5.41, 5.74) is 8.58. The zero-order valence-corrected chi connectivity index (χ0v) is 13.4. The van der Waals surface area contributed by atoms with E-state index in [9.17, 15) is 4.79 Å². The van der Waals surface area contributed by atoms with Crippen molar-refractivity contribution in [3.63, 3.8) is 0 Å². The van der Waals surface area contributed by atoms with Crippen molar-refractivity contribution in [2.75, 3.05) is 0 Å².